The van der Waals surface area contributed by atoms with Gasteiger partial charge in [-0.15, -0.1) is 0 Å². The lowest BCUT2D eigenvalue weighted by Crippen LogP contribution is -2.24. The molecule has 0 radical (unpaired) electrons. The third-order valence-corrected chi connectivity index (χ3v) is 3.12. The molecule has 0 aliphatic heterocycles. The van der Waals surface area contributed by atoms with Gasteiger partial charge in [-0.2, -0.15) is 0 Å². The van der Waals surface area contributed by atoms with Crippen molar-refractivity contribution in [2.45, 2.75) is 32.7 Å². The van der Waals surface area contributed by atoms with Crippen LogP contribution in [0.25, 0.3) is 0 Å². The lowest BCUT2D eigenvalue weighted by molar-refractivity contribution is -0.384. The number of anilines is 1. The SMILES string of the molecule is CCNC(=O)c1ccc([N+](=O)[O-])c(NC(CC)CCO)c1. The van der Waals surface area contributed by atoms with E-state index in [0.717, 1.165) is 0 Å². The first-order valence-electron chi connectivity index (χ1n) is 6.97. The predicted octanol–water partition coefficient (Wildman–Crippen LogP) is 1.92. The van der Waals surface area contributed by atoms with Gasteiger partial charge < -0.3 is 15.7 Å². The van der Waals surface area contributed by atoms with Crippen molar-refractivity contribution >= 4 is 17.3 Å². The molecule has 1 atom stereocenters. The lowest BCUT2D eigenvalue weighted by Gasteiger charge is -2.17. The summed E-state index contributed by atoms with van der Waals surface area (Å²) in [5.41, 5.74) is 0.576. The van der Waals surface area contributed by atoms with Gasteiger partial charge in [0.1, 0.15) is 5.69 Å². The van der Waals surface area contributed by atoms with Gasteiger partial charge in [0.2, 0.25) is 0 Å². The molecule has 0 aliphatic carbocycles. The van der Waals surface area contributed by atoms with E-state index in [-0.39, 0.29) is 24.2 Å². The minimum Gasteiger partial charge on any atom is -0.396 e. The second-order valence-electron chi connectivity index (χ2n) is 4.61. The lowest BCUT2D eigenvalue weighted by atomic mass is 10.1. The van der Waals surface area contributed by atoms with Gasteiger partial charge in [0, 0.05) is 30.8 Å². The van der Waals surface area contributed by atoms with Crippen molar-refractivity contribution in [1.29, 1.82) is 0 Å². The fourth-order valence-corrected chi connectivity index (χ4v) is 1.97. The van der Waals surface area contributed by atoms with Crippen LogP contribution in [-0.4, -0.2) is 35.1 Å². The number of hydrogen-bond donors (Lipinski definition) is 3. The second-order valence-corrected chi connectivity index (χ2v) is 4.61. The molecular formula is C14H21N3O4. The maximum absolute atomic E-state index is 11.8. The first-order valence-corrected chi connectivity index (χ1v) is 6.97. The Hall–Kier alpha value is -2.15. The van der Waals surface area contributed by atoms with E-state index in [1.54, 1.807) is 6.92 Å². The summed E-state index contributed by atoms with van der Waals surface area (Å²) in [5, 5.41) is 25.8. The third kappa shape index (κ3) is 4.71. The normalized spacial score (nSPS) is 11.8. The molecule has 0 heterocycles. The minimum atomic E-state index is -0.491. The number of aliphatic hydroxyl groups excluding tert-OH is 1. The van der Waals surface area contributed by atoms with E-state index in [0.29, 0.717) is 30.6 Å². The van der Waals surface area contributed by atoms with Crippen LogP contribution in [0.1, 0.15) is 37.0 Å². The molecule has 0 bridgehead atoms. The van der Waals surface area contributed by atoms with Crippen LogP contribution in [0.15, 0.2) is 18.2 Å². The number of nitrogens with one attached hydrogen (secondary N) is 2. The Labute approximate surface area is 123 Å². The van der Waals surface area contributed by atoms with Crippen molar-refractivity contribution in [1.82, 2.24) is 5.32 Å². The van der Waals surface area contributed by atoms with Crippen LogP contribution in [0.2, 0.25) is 0 Å². The number of carbonyl (C=O) groups is 1. The Morgan fingerprint density at radius 3 is 2.67 bits per heavy atom. The smallest absolute Gasteiger partial charge is 0.292 e. The van der Waals surface area contributed by atoms with E-state index in [1.807, 2.05) is 6.92 Å². The molecule has 1 aromatic rings. The molecule has 1 aromatic carbocycles. The van der Waals surface area contributed by atoms with Crippen molar-refractivity contribution in [3.63, 3.8) is 0 Å². The summed E-state index contributed by atoms with van der Waals surface area (Å²) in [6.45, 7) is 4.21. The summed E-state index contributed by atoms with van der Waals surface area (Å²) in [4.78, 5) is 22.4. The molecule has 0 saturated carbocycles. The third-order valence-electron chi connectivity index (χ3n) is 3.12. The zero-order chi connectivity index (χ0) is 15.8. The van der Waals surface area contributed by atoms with E-state index in [2.05, 4.69) is 10.6 Å². The van der Waals surface area contributed by atoms with Gasteiger partial charge in [0.15, 0.2) is 0 Å². The molecule has 0 aromatic heterocycles. The summed E-state index contributed by atoms with van der Waals surface area (Å²) in [6, 6.07) is 4.14. The molecule has 116 valence electrons. The molecule has 3 N–H and O–H groups in total. The van der Waals surface area contributed by atoms with Gasteiger partial charge in [0.05, 0.1) is 4.92 Å². The van der Waals surface area contributed by atoms with Gasteiger partial charge in [-0.05, 0) is 31.9 Å². The Morgan fingerprint density at radius 1 is 1.43 bits per heavy atom. The highest BCUT2D eigenvalue weighted by molar-refractivity contribution is 5.95. The monoisotopic (exact) mass is 295 g/mol. The first kappa shape index (κ1) is 16.9. The first-order chi connectivity index (χ1) is 10.0. The number of rotatable bonds is 8. The van der Waals surface area contributed by atoms with Gasteiger partial charge >= 0.3 is 0 Å². The summed E-state index contributed by atoms with van der Waals surface area (Å²) < 4.78 is 0. The van der Waals surface area contributed by atoms with E-state index in [9.17, 15) is 14.9 Å². The number of nitro benzene ring substituents is 1. The van der Waals surface area contributed by atoms with E-state index in [4.69, 9.17) is 5.11 Å². The molecule has 7 nitrogen and oxygen atoms in total. The van der Waals surface area contributed by atoms with Gasteiger partial charge in [-0.3, -0.25) is 14.9 Å². The summed E-state index contributed by atoms with van der Waals surface area (Å²) in [5.74, 6) is -0.273. The highest BCUT2D eigenvalue weighted by atomic mass is 16.6. The molecule has 7 heteroatoms. The van der Waals surface area contributed by atoms with Crippen LogP contribution in [0.5, 0.6) is 0 Å². The Kier molecular flexibility index (Phi) is 6.61. The number of nitrogens with zero attached hydrogens (tertiary/aromatic N) is 1. The molecule has 21 heavy (non-hydrogen) atoms. The van der Waals surface area contributed by atoms with Crippen LogP contribution in [0.4, 0.5) is 11.4 Å². The molecule has 0 spiro atoms. The molecule has 0 fully saturated rings. The largest absolute Gasteiger partial charge is 0.396 e. The zero-order valence-corrected chi connectivity index (χ0v) is 12.3. The number of carbonyl (C=O) groups excluding carboxylic acids is 1. The number of nitro groups is 1. The van der Waals surface area contributed by atoms with Crippen LogP contribution >= 0.6 is 0 Å². The van der Waals surface area contributed by atoms with Gasteiger partial charge in [-0.1, -0.05) is 6.92 Å². The summed E-state index contributed by atoms with van der Waals surface area (Å²) in [7, 11) is 0. The van der Waals surface area contributed by atoms with E-state index < -0.39 is 4.92 Å². The van der Waals surface area contributed by atoms with Crippen molar-refractivity contribution in [3.8, 4) is 0 Å². The van der Waals surface area contributed by atoms with Crippen molar-refractivity contribution in [2.75, 3.05) is 18.5 Å². The van der Waals surface area contributed by atoms with Gasteiger partial charge in [0.25, 0.3) is 11.6 Å². The Balaban J connectivity index is 3.09. The molecule has 1 amide bonds. The summed E-state index contributed by atoms with van der Waals surface area (Å²) in [6.07, 6.45) is 1.20. The maximum Gasteiger partial charge on any atom is 0.292 e. The highest BCUT2D eigenvalue weighted by Crippen LogP contribution is 2.27. The quantitative estimate of drug-likeness (QED) is 0.502. The van der Waals surface area contributed by atoms with Crippen molar-refractivity contribution < 1.29 is 14.8 Å². The number of benzene rings is 1. The van der Waals surface area contributed by atoms with Crippen LogP contribution < -0.4 is 10.6 Å². The number of aliphatic hydroxyl groups is 1. The van der Waals surface area contributed by atoms with Crippen LogP contribution in [-0.2, 0) is 0 Å². The topological polar surface area (TPSA) is 104 Å². The number of hydrogen-bond acceptors (Lipinski definition) is 5. The molecule has 1 unspecified atom stereocenters. The average molecular weight is 295 g/mol. The minimum absolute atomic E-state index is 0.00465. The fraction of sp³-hybridized carbons (Fsp3) is 0.500. The maximum atomic E-state index is 11.8. The van der Waals surface area contributed by atoms with E-state index >= 15 is 0 Å². The standard InChI is InChI=1S/C14H21N3O4/c1-3-11(7-8-18)16-12-9-10(14(19)15-4-2)5-6-13(12)17(20)21/h5-6,9,11,16,18H,3-4,7-8H2,1-2H3,(H,15,19). The number of amides is 1. The molecule has 0 saturated heterocycles. The van der Waals surface area contributed by atoms with E-state index in [1.165, 1.54) is 18.2 Å². The predicted molar refractivity (Wildman–Crippen MR) is 80.5 cm³/mol. The second kappa shape index (κ2) is 8.21. The Bertz CT molecular complexity index is 505. The van der Waals surface area contributed by atoms with Crippen molar-refractivity contribution in [3.05, 3.63) is 33.9 Å². The Morgan fingerprint density at radius 2 is 2.14 bits per heavy atom. The molecule has 1 rings (SSSR count). The summed E-state index contributed by atoms with van der Waals surface area (Å²) >= 11 is 0. The fourth-order valence-electron chi connectivity index (χ4n) is 1.97. The van der Waals surface area contributed by atoms with Crippen molar-refractivity contribution in [2.24, 2.45) is 0 Å². The van der Waals surface area contributed by atoms with Crippen LogP contribution in [0, 0.1) is 10.1 Å². The highest BCUT2D eigenvalue weighted by Gasteiger charge is 2.18. The van der Waals surface area contributed by atoms with Crippen LogP contribution in [0.3, 0.4) is 0 Å². The van der Waals surface area contributed by atoms with Gasteiger partial charge in [-0.25, -0.2) is 0 Å². The molecular weight excluding hydrogens is 274 g/mol. The zero-order valence-electron chi connectivity index (χ0n) is 12.3. The average Bonchev–Trinajstić information content (AvgIpc) is 2.46. The molecule has 0 aliphatic rings.